The Balaban J connectivity index is 2.03. The van der Waals surface area contributed by atoms with E-state index in [2.05, 4.69) is 13.8 Å². The van der Waals surface area contributed by atoms with Crippen LogP contribution in [0.3, 0.4) is 0 Å². The minimum atomic E-state index is -0.848. The Labute approximate surface area is 201 Å². The van der Waals surface area contributed by atoms with Gasteiger partial charge in [-0.3, -0.25) is 4.79 Å². The molecule has 0 atom stereocenters. The van der Waals surface area contributed by atoms with E-state index < -0.39 is 17.5 Å². The van der Waals surface area contributed by atoms with Crippen LogP contribution in [0.25, 0.3) is 0 Å². The zero-order chi connectivity index (χ0) is 23.8. The van der Waals surface area contributed by atoms with E-state index in [0.29, 0.717) is 13.2 Å². The molecule has 0 saturated carbocycles. The highest BCUT2D eigenvalue weighted by Gasteiger charge is 2.34. The molecule has 0 radical (unpaired) electrons. The average molecular weight is 457 g/mol. The Bertz CT molecular complexity index is 723. The quantitative estimate of drug-likeness (QED) is 0.181. The van der Waals surface area contributed by atoms with E-state index in [-0.39, 0.29) is 0 Å². The molecule has 1 aliphatic rings. The van der Waals surface area contributed by atoms with Crippen molar-refractivity contribution in [2.45, 2.75) is 96.5 Å². The largest absolute Gasteiger partial charge is 0.493 e. The SMILES string of the molecule is CCCCCCCCOc1ccccc1C1(OCCCCCCCC)C=CC(C(=O)O)C=C1. The molecule has 0 saturated heterocycles. The third-order valence-corrected chi connectivity index (χ3v) is 6.29. The van der Waals surface area contributed by atoms with Crippen molar-refractivity contribution >= 4 is 5.97 Å². The summed E-state index contributed by atoms with van der Waals surface area (Å²) in [5.74, 6) is -0.649. The Morgan fingerprint density at radius 2 is 1.36 bits per heavy atom. The molecule has 33 heavy (non-hydrogen) atoms. The Hall–Kier alpha value is -2.07. The van der Waals surface area contributed by atoms with Crippen LogP contribution in [-0.4, -0.2) is 24.3 Å². The van der Waals surface area contributed by atoms with Crippen LogP contribution in [-0.2, 0) is 15.1 Å². The highest BCUT2D eigenvalue weighted by atomic mass is 16.5. The van der Waals surface area contributed by atoms with Crippen molar-refractivity contribution in [1.82, 2.24) is 0 Å². The molecule has 1 aliphatic carbocycles. The minimum Gasteiger partial charge on any atom is -0.493 e. The van der Waals surface area contributed by atoms with Gasteiger partial charge in [0.2, 0.25) is 0 Å². The second-order valence-corrected chi connectivity index (χ2v) is 9.10. The lowest BCUT2D eigenvalue weighted by Crippen LogP contribution is -2.30. The van der Waals surface area contributed by atoms with Crippen LogP contribution in [0.15, 0.2) is 48.6 Å². The molecule has 0 unspecified atom stereocenters. The number of carbonyl (C=O) groups is 1. The fraction of sp³-hybridized carbons (Fsp3) is 0.621. The number of unbranched alkanes of at least 4 members (excludes halogenated alkanes) is 10. The molecule has 4 nitrogen and oxygen atoms in total. The van der Waals surface area contributed by atoms with Crippen molar-refractivity contribution in [3.8, 4) is 5.75 Å². The predicted molar refractivity (Wildman–Crippen MR) is 136 cm³/mol. The smallest absolute Gasteiger partial charge is 0.314 e. The van der Waals surface area contributed by atoms with E-state index in [4.69, 9.17) is 9.47 Å². The Kier molecular flexibility index (Phi) is 12.9. The maximum absolute atomic E-state index is 11.5. The zero-order valence-electron chi connectivity index (χ0n) is 20.8. The fourth-order valence-corrected chi connectivity index (χ4v) is 4.23. The summed E-state index contributed by atoms with van der Waals surface area (Å²) in [6, 6.07) is 8.01. The third-order valence-electron chi connectivity index (χ3n) is 6.29. The predicted octanol–water partition coefficient (Wildman–Crippen LogP) is 7.83. The topological polar surface area (TPSA) is 55.8 Å². The van der Waals surface area contributed by atoms with E-state index in [0.717, 1.165) is 30.6 Å². The van der Waals surface area contributed by atoms with E-state index in [9.17, 15) is 9.90 Å². The van der Waals surface area contributed by atoms with Crippen LogP contribution in [0.4, 0.5) is 0 Å². The van der Waals surface area contributed by atoms with Crippen molar-refractivity contribution in [3.63, 3.8) is 0 Å². The lowest BCUT2D eigenvalue weighted by molar-refractivity contribution is -0.138. The summed E-state index contributed by atoms with van der Waals surface area (Å²) in [7, 11) is 0. The summed E-state index contributed by atoms with van der Waals surface area (Å²) < 4.78 is 12.7. The summed E-state index contributed by atoms with van der Waals surface area (Å²) in [6.07, 6.45) is 21.8. The third kappa shape index (κ3) is 9.37. The number of rotatable bonds is 18. The first kappa shape index (κ1) is 27.2. The first-order valence-electron chi connectivity index (χ1n) is 13.1. The molecular weight excluding hydrogens is 412 g/mol. The second kappa shape index (κ2) is 15.7. The van der Waals surface area contributed by atoms with Crippen LogP contribution < -0.4 is 4.74 Å². The van der Waals surface area contributed by atoms with Gasteiger partial charge in [0.05, 0.1) is 12.5 Å². The Morgan fingerprint density at radius 3 is 1.97 bits per heavy atom. The number of carboxylic acids is 1. The number of carboxylic acid groups (broad SMARTS) is 1. The maximum Gasteiger partial charge on any atom is 0.314 e. The monoisotopic (exact) mass is 456 g/mol. The van der Waals surface area contributed by atoms with E-state index in [1.54, 1.807) is 12.2 Å². The molecule has 184 valence electrons. The normalized spacial score (nSPS) is 19.6. The molecule has 0 heterocycles. The summed E-state index contributed by atoms with van der Waals surface area (Å²) in [5.41, 5.74) is 0.158. The van der Waals surface area contributed by atoms with Crippen molar-refractivity contribution in [3.05, 3.63) is 54.1 Å². The summed E-state index contributed by atoms with van der Waals surface area (Å²) >= 11 is 0. The average Bonchev–Trinajstić information content (AvgIpc) is 2.83. The fourth-order valence-electron chi connectivity index (χ4n) is 4.23. The zero-order valence-corrected chi connectivity index (χ0v) is 20.8. The van der Waals surface area contributed by atoms with Crippen molar-refractivity contribution in [1.29, 1.82) is 0 Å². The first-order chi connectivity index (χ1) is 16.1. The molecule has 0 spiro atoms. The van der Waals surface area contributed by atoms with E-state index in [1.165, 1.54) is 57.8 Å². The highest BCUT2D eigenvalue weighted by Crippen LogP contribution is 2.39. The second-order valence-electron chi connectivity index (χ2n) is 9.10. The summed E-state index contributed by atoms with van der Waals surface area (Å²) in [6.45, 7) is 5.77. The minimum absolute atomic E-state index is 0.619. The van der Waals surface area contributed by atoms with Gasteiger partial charge < -0.3 is 14.6 Å². The maximum atomic E-state index is 11.5. The number of para-hydroxylation sites is 1. The van der Waals surface area contributed by atoms with Gasteiger partial charge in [0.15, 0.2) is 0 Å². The molecule has 0 aromatic heterocycles. The van der Waals surface area contributed by atoms with Crippen LogP contribution in [0.1, 0.15) is 96.5 Å². The van der Waals surface area contributed by atoms with Crippen LogP contribution in [0.2, 0.25) is 0 Å². The molecule has 0 fully saturated rings. The number of hydrogen-bond acceptors (Lipinski definition) is 3. The van der Waals surface area contributed by atoms with Crippen LogP contribution in [0, 0.1) is 5.92 Å². The Morgan fingerprint density at radius 1 is 0.818 bits per heavy atom. The molecule has 1 N–H and O–H groups in total. The molecule has 0 aliphatic heterocycles. The van der Waals surface area contributed by atoms with Gasteiger partial charge in [-0.25, -0.2) is 0 Å². The van der Waals surface area contributed by atoms with Crippen LogP contribution >= 0.6 is 0 Å². The lowest BCUT2D eigenvalue weighted by Gasteiger charge is -2.32. The molecule has 1 aromatic carbocycles. The standard InChI is InChI=1S/C29H44O4/c1-3-5-7-9-11-15-23-32-27-18-14-13-17-26(27)29(21-19-25(20-22-29)28(30)31)33-24-16-12-10-8-6-4-2/h13-14,17-22,25H,3-12,15-16,23-24H2,1-2H3,(H,30,31). The van der Waals surface area contributed by atoms with Gasteiger partial charge >= 0.3 is 5.97 Å². The van der Waals surface area contributed by atoms with Crippen molar-refractivity contribution in [2.24, 2.45) is 5.92 Å². The number of aliphatic carboxylic acids is 1. The van der Waals surface area contributed by atoms with Gasteiger partial charge in [-0.2, -0.15) is 0 Å². The van der Waals surface area contributed by atoms with Crippen molar-refractivity contribution in [2.75, 3.05) is 13.2 Å². The van der Waals surface area contributed by atoms with Gasteiger partial charge in [0.25, 0.3) is 0 Å². The van der Waals surface area contributed by atoms with E-state index in [1.807, 2.05) is 36.4 Å². The molecule has 0 bridgehead atoms. The number of benzene rings is 1. The molecule has 1 aromatic rings. The molecular formula is C29H44O4. The van der Waals surface area contributed by atoms with Crippen molar-refractivity contribution < 1.29 is 19.4 Å². The van der Waals surface area contributed by atoms with E-state index >= 15 is 0 Å². The molecule has 2 rings (SSSR count). The van der Waals surface area contributed by atoms with Gasteiger partial charge in [-0.1, -0.05) is 108 Å². The summed E-state index contributed by atoms with van der Waals surface area (Å²) in [5, 5.41) is 9.40. The molecule has 0 amide bonds. The lowest BCUT2D eigenvalue weighted by atomic mass is 9.85. The first-order valence-corrected chi connectivity index (χ1v) is 13.1. The number of ether oxygens (including phenoxy) is 2. The van der Waals surface area contributed by atoms with Gasteiger partial charge in [-0.15, -0.1) is 0 Å². The summed E-state index contributed by atoms with van der Waals surface area (Å²) in [4.78, 5) is 11.5. The van der Waals surface area contributed by atoms with Crippen LogP contribution in [0.5, 0.6) is 5.75 Å². The van der Waals surface area contributed by atoms with Gasteiger partial charge in [-0.05, 0) is 31.1 Å². The van der Waals surface area contributed by atoms with Gasteiger partial charge in [0.1, 0.15) is 11.4 Å². The number of hydrogen-bond donors (Lipinski definition) is 1. The molecule has 4 heteroatoms. The van der Waals surface area contributed by atoms with Gasteiger partial charge in [0, 0.05) is 12.2 Å². The highest BCUT2D eigenvalue weighted by molar-refractivity contribution is 5.75.